The maximum atomic E-state index is 12.0. The predicted molar refractivity (Wildman–Crippen MR) is 68.4 cm³/mol. The van der Waals surface area contributed by atoms with Crippen LogP contribution in [0.2, 0.25) is 0 Å². The average Bonchev–Trinajstić information content (AvgIpc) is 2.80. The molecule has 3 heterocycles. The van der Waals surface area contributed by atoms with Crippen LogP contribution in [0.1, 0.15) is 0 Å². The van der Waals surface area contributed by atoms with E-state index in [2.05, 4.69) is 19.8 Å². The van der Waals surface area contributed by atoms with Gasteiger partial charge in [0.05, 0.1) is 11.7 Å². The number of nitrogens with zero attached hydrogens (tertiary/aromatic N) is 4. The minimum atomic E-state index is -2.87. The smallest absolute Gasteiger partial charge is 0.388 e. The summed E-state index contributed by atoms with van der Waals surface area (Å²) in [7, 11) is 1.83. The number of aryl methyl sites for hydroxylation is 1. The third-order valence-corrected chi connectivity index (χ3v) is 2.88. The van der Waals surface area contributed by atoms with Gasteiger partial charge < -0.3 is 4.74 Å². The maximum Gasteiger partial charge on any atom is 0.388 e. The molecule has 0 spiro atoms. The van der Waals surface area contributed by atoms with Gasteiger partial charge in [0.1, 0.15) is 5.52 Å². The third kappa shape index (κ3) is 2.29. The summed E-state index contributed by atoms with van der Waals surface area (Å²) in [6.07, 6.45) is 4.84. The second-order valence-electron chi connectivity index (χ2n) is 4.16. The van der Waals surface area contributed by atoms with E-state index in [1.54, 1.807) is 23.1 Å². The highest BCUT2D eigenvalue weighted by atomic mass is 19.3. The molecule has 7 heteroatoms. The molecule has 0 bridgehead atoms. The summed E-state index contributed by atoms with van der Waals surface area (Å²) in [6, 6.07) is 4.97. The van der Waals surface area contributed by atoms with E-state index in [4.69, 9.17) is 0 Å². The molecule has 0 saturated heterocycles. The highest BCUT2D eigenvalue weighted by molar-refractivity contribution is 5.80. The number of hydrogen-bond acceptors (Lipinski definition) is 4. The van der Waals surface area contributed by atoms with Gasteiger partial charge >= 0.3 is 6.61 Å². The monoisotopic (exact) mass is 276 g/mol. The molecule has 3 rings (SSSR count). The number of rotatable bonds is 3. The van der Waals surface area contributed by atoms with Crippen molar-refractivity contribution < 1.29 is 13.5 Å². The minimum absolute atomic E-state index is 0.113. The lowest BCUT2D eigenvalue weighted by molar-refractivity contribution is -0.0528. The Morgan fingerprint density at radius 3 is 2.60 bits per heavy atom. The number of ether oxygens (including phenoxy) is 1. The van der Waals surface area contributed by atoms with Gasteiger partial charge in [0.25, 0.3) is 0 Å². The molecule has 0 aliphatic rings. The molecule has 0 atom stereocenters. The fourth-order valence-electron chi connectivity index (χ4n) is 1.90. The van der Waals surface area contributed by atoms with Crippen LogP contribution < -0.4 is 4.74 Å². The molecule has 0 aromatic carbocycles. The van der Waals surface area contributed by atoms with Gasteiger partial charge in [0.15, 0.2) is 0 Å². The number of alkyl halides is 2. The third-order valence-electron chi connectivity index (χ3n) is 2.88. The molecule has 0 N–H and O–H groups in total. The number of halogens is 2. The molecule has 102 valence electrons. The second kappa shape index (κ2) is 4.84. The minimum Gasteiger partial charge on any atom is -0.417 e. The van der Waals surface area contributed by atoms with E-state index >= 15 is 0 Å². The van der Waals surface area contributed by atoms with Gasteiger partial charge in [-0.05, 0) is 12.1 Å². The molecule has 0 aliphatic heterocycles. The van der Waals surface area contributed by atoms with Crippen LogP contribution in [-0.4, -0.2) is 26.4 Å². The van der Waals surface area contributed by atoms with E-state index in [-0.39, 0.29) is 5.88 Å². The quantitative estimate of drug-likeness (QED) is 0.738. The largest absolute Gasteiger partial charge is 0.417 e. The predicted octanol–water partition coefficient (Wildman–Crippen LogP) is 2.63. The van der Waals surface area contributed by atoms with E-state index in [1.165, 1.54) is 12.3 Å². The van der Waals surface area contributed by atoms with Gasteiger partial charge in [-0.1, -0.05) is 0 Å². The summed E-state index contributed by atoms with van der Waals surface area (Å²) in [5.74, 6) is -0.113. The first kappa shape index (κ1) is 12.5. The molecule has 0 unspecified atom stereocenters. The molecule has 0 saturated carbocycles. The fourth-order valence-corrected chi connectivity index (χ4v) is 1.90. The Labute approximate surface area is 112 Å². The van der Waals surface area contributed by atoms with Gasteiger partial charge in [0.2, 0.25) is 5.88 Å². The van der Waals surface area contributed by atoms with Gasteiger partial charge in [-0.15, -0.1) is 0 Å². The zero-order chi connectivity index (χ0) is 14.1. The summed E-state index contributed by atoms with van der Waals surface area (Å²) in [5.41, 5.74) is 3.27. The lowest BCUT2D eigenvalue weighted by Gasteiger charge is -2.05. The Balaban J connectivity index is 1.95. The van der Waals surface area contributed by atoms with Crippen molar-refractivity contribution in [3.8, 4) is 17.0 Å². The molecule has 3 aromatic rings. The molecule has 0 amide bonds. The van der Waals surface area contributed by atoms with Crippen molar-refractivity contribution in [2.24, 2.45) is 7.05 Å². The number of fused-ring (bicyclic) bond motifs is 1. The molecular weight excluding hydrogens is 266 g/mol. The summed E-state index contributed by atoms with van der Waals surface area (Å²) in [6.45, 7) is -2.87. The van der Waals surface area contributed by atoms with Crippen LogP contribution in [-0.2, 0) is 7.05 Å². The number of pyridine rings is 2. The Bertz CT molecular complexity index is 740. The van der Waals surface area contributed by atoms with Crippen molar-refractivity contribution in [2.45, 2.75) is 6.61 Å². The molecule has 0 aliphatic carbocycles. The molecule has 0 fully saturated rings. The van der Waals surface area contributed by atoms with Crippen molar-refractivity contribution in [2.75, 3.05) is 0 Å². The van der Waals surface area contributed by atoms with Gasteiger partial charge in [-0.2, -0.15) is 13.9 Å². The molecule has 20 heavy (non-hydrogen) atoms. The molecule has 5 nitrogen and oxygen atoms in total. The Morgan fingerprint density at radius 2 is 1.90 bits per heavy atom. The summed E-state index contributed by atoms with van der Waals surface area (Å²) in [4.78, 5) is 8.12. The Morgan fingerprint density at radius 1 is 1.10 bits per heavy atom. The van der Waals surface area contributed by atoms with Crippen LogP contribution in [0.15, 0.2) is 36.8 Å². The summed E-state index contributed by atoms with van der Waals surface area (Å²) in [5, 5.41) is 4.11. The van der Waals surface area contributed by atoms with E-state index in [9.17, 15) is 8.78 Å². The van der Waals surface area contributed by atoms with Crippen molar-refractivity contribution in [3.63, 3.8) is 0 Å². The second-order valence-corrected chi connectivity index (χ2v) is 4.16. The molecule has 3 aromatic heterocycles. The SMILES string of the molecule is Cn1ncc2ncc(-c3ccc(OC(F)F)nc3)cc21. The molecule has 0 radical (unpaired) electrons. The first-order valence-corrected chi connectivity index (χ1v) is 5.82. The number of hydrogen-bond donors (Lipinski definition) is 0. The summed E-state index contributed by atoms with van der Waals surface area (Å²) < 4.78 is 30.0. The Kier molecular flexibility index (Phi) is 3.02. The van der Waals surface area contributed by atoms with Crippen LogP contribution in [0.5, 0.6) is 5.88 Å². The van der Waals surface area contributed by atoms with Crippen LogP contribution in [0.25, 0.3) is 22.2 Å². The standard InChI is InChI=1S/C13H10F2N4O/c1-19-11-4-9(6-16-10(11)7-18-19)8-2-3-12(17-5-8)20-13(14)15/h2-7,13H,1H3. The highest BCUT2D eigenvalue weighted by Crippen LogP contribution is 2.23. The van der Waals surface area contributed by atoms with Crippen molar-refractivity contribution in [1.82, 2.24) is 19.7 Å². The average molecular weight is 276 g/mol. The van der Waals surface area contributed by atoms with Gasteiger partial charge in [-0.3, -0.25) is 9.67 Å². The number of aromatic nitrogens is 4. The van der Waals surface area contributed by atoms with Crippen molar-refractivity contribution in [1.29, 1.82) is 0 Å². The topological polar surface area (TPSA) is 52.8 Å². The van der Waals surface area contributed by atoms with Crippen molar-refractivity contribution >= 4 is 11.0 Å². The van der Waals surface area contributed by atoms with Gasteiger partial charge in [0, 0.05) is 36.6 Å². The highest BCUT2D eigenvalue weighted by Gasteiger charge is 2.07. The first-order chi connectivity index (χ1) is 9.63. The maximum absolute atomic E-state index is 12.0. The van der Waals surface area contributed by atoms with Crippen LogP contribution in [0.3, 0.4) is 0 Å². The van der Waals surface area contributed by atoms with E-state index in [1.807, 2.05) is 13.1 Å². The van der Waals surface area contributed by atoms with E-state index in [0.29, 0.717) is 0 Å². The van der Waals surface area contributed by atoms with E-state index in [0.717, 1.165) is 22.2 Å². The van der Waals surface area contributed by atoms with Crippen molar-refractivity contribution in [3.05, 3.63) is 36.8 Å². The lowest BCUT2D eigenvalue weighted by atomic mass is 10.1. The lowest BCUT2D eigenvalue weighted by Crippen LogP contribution is -2.03. The van der Waals surface area contributed by atoms with Gasteiger partial charge in [-0.25, -0.2) is 4.98 Å². The van der Waals surface area contributed by atoms with Crippen LogP contribution >= 0.6 is 0 Å². The van der Waals surface area contributed by atoms with Crippen LogP contribution in [0.4, 0.5) is 8.78 Å². The normalized spacial score (nSPS) is 11.2. The van der Waals surface area contributed by atoms with Crippen LogP contribution in [0, 0.1) is 0 Å². The fraction of sp³-hybridized carbons (Fsp3) is 0.154. The Hall–Kier alpha value is -2.57. The zero-order valence-electron chi connectivity index (χ0n) is 10.5. The summed E-state index contributed by atoms with van der Waals surface area (Å²) >= 11 is 0. The zero-order valence-corrected chi connectivity index (χ0v) is 10.5. The molecular formula is C13H10F2N4O. The first-order valence-electron chi connectivity index (χ1n) is 5.82. The van der Waals surface area contributed by atoms with E-state index < -0.39 is 6.61 Å².